The highest BCUT2D eigenvalue weighted by atomic mass is 19.4. The number of pyridine rings is 1. The van der Waals surface area contributed by atoms with Crippen LogP contribution in [0, 0.1) is 5.92 Å². The SMILES string of the molecule is CCN(CC1CCCC1)c1nc2ccccc2cc1CN(COCCNC)Cc1cc(C(F)(F)F)cc(C(F)(F)F)c1. The topological polar surface area (TPSA) is 40.6 Å². The van der Waals surface area contributed by atoms with Gasteiger partial charge in [-0.25, -0.2) is 4.98 Å². The zero-order valence-corrected chi connectivity index (χ0v) is 24.0. The van der Waals surface area contributed by atoms with Crippen molar-refractivity contribution in [1.82, 2.24) is 15.2 Å². The molecule has 0 atom stereocenters. The van der Waals surface area contributed by atoms with Crippen molar-refractivity contribution in [3.8, 4) is 0 Å². The number of ether oxygens (including phenoxy) is 1. The Bertz CT molecular complexity index is 1270. The fourth-order valence-corrected chi connectivity index (χ4v) is 5.53. The predicted octanol–water partition coefficient (Wildman–Crippen LogP) is 7.48. The number of likely N-dealkylation sites (N-methyl/N-ethyl adjacent to an activating group) is 1. The average molecular weight is 597 g/mol. The maximum Gasteiger partial charge on any atom is 0.416 e. The van der Waals surface area contributed by atoms with Gasteiger partial charge in [0.15, 0.2) is 0 Å². The first kappa shape index (κ1) is 32.0. The molecule has 4 rings (SSSR count). The highest BCUT2D eigenvalue weighted by molar-refractivity contribution is 5.81. The van der Waals surface area contributed by atoms with Gasteiger partial charge in [0.25, 0.3) is 0 Å². The molecule has 1 aliphatic carbocycles. The molecular weight excluding hydrogens is 558 g/mol. The summed E-state index contributed by atoms with van der Waals surface area (Å²) in [6.07, 6.45) is -5.11. The molecule has 3 aromatic rings. The third-order valence-electron chi connectivity index (χ3n) is 7.63. The van der Waals surface area contributed by atoms with Crippen LogP contribution < -0.4 is 10.2 Å². The Morgan fingerprint density at radius 2 is 1.60 bits per heavy atom. The third kappa shape index (κ3) is 8.58. The van der Waals surface area contributed by atoms with Crippen LogP contribution in [0.15, 0.2) is 48.5 Å². The molecule has 0 radical (unpaired) electrons. The first-order valence-corrected chi connectivity index (χ1v) is 14.3. The first-order valence-electron chi connectivity index (χ1n) is 14.3. The van der Waals surface area contributed by atoms with Crippen LogP contribution in [-0.2, 0) is 30.2 Å². The van der Waals surface area contributed by atoms with Gasteiger partial charge in [0, 0.05) is 43.7 Å². The lowest BCUT2D eigenvalue weighted by molar-refractivity contribution is -0.143. The number of rotatable bonds is 13. The summed E-state index contributed by atoms with van der Waals surface area (Å²) in [5.41, 5.74) is -1.09. The summed E-state index contributed by atoms with van der Waals surface area (Å²) < 4.78 is 87.2. The van der Waals surface area contributed by atoms with E-state index in [0.717, 1.165) is 60.3 Å². The number of nitrogens with zero attached hydrogens (tertiary/aromatic N) is 3. The lowest BCUT2D eigenvalue weighted by Crippen LogP contribution is -2.32. The molecule has 1 saturated carbocycles. The number of aromatic nitrogens is 1. The number of fused-ring (bicyclic) bond motifs is 1. The van der Waals surface area contributed by atoms with Gasteiger partial charge in [-0.3, -0.25) is 4.90 Å². The molecule has 230 valence electrons. The first-order chi connectivity index (χ1) is 20.0. The second-order valence-electron chi connectivity index (χ2n) is 10.9. The zero-order valence-electron chi connectivity index (χ0n) is 24.0. The largest absolute Gasteiger partial charge is 0.416 e. The summed E-state index contributed by atoms with van der Waals surface area (Å²) in [5, 5.41) is 3.87. The quantitative estimate of drug-likeness (QED) is 0.126. The molecule has 1 aliphatic rings. The number of nitrogens with one attached hydrogen (secondary N) is 1. The summed E-state index contributed by atoms with van der Waals surface area (Å²) in [5.74, 6) is 1.33. The van der Waals surface area contributed by atoms with Gasteiger partial charge < -0.3 is 15.0 Å². The average Bonchev–Trinajstić information content (AvgIpc) is 3.46. The maximum atomic E-state index is 13.6. The van der Waals surface area contributed by atoms with Crippen LogP contribution >= 0.6 is 0 Å². The monoisotopic (exact) mass is 596 g/mol. The van der Waals surface area contributed by atoms with E-state index < -0.39 is 23.5 Å². The highest BCUT2D eigenvalue weighted by Gasteiger charge is 2.37. The minimum absolute atomic E-state index is 0.0142. The van der Waals surface area contributed by atoms with Crippen molar-refractivity contribution >= 4 is 16.7 Å². The Balaban J connectivity index is 1.71. The number of hydrogen-bond acceptors (Lipinski definition) is 5. The Morgan fingerprint density at radius 1 is 0.929 bits per heavy atom. The second kappa shape index (κ2) is 14.1. The zero-order chi connectivity index (χ0) is 30.3. The molecule has 1 N–H and O–H groups in total. The van der Waals surface area contributed by atoms with Gasteiger partial charge in [-0.15, -0.1) is 0 Å². The normalized spacial score (nSPS) is 14.8. The predicted molar refractivity (Wildman–Crippen MR) is 152 cm³/mol. The minimum atomic E-state index is -4.92. The molecular formula is C31H38F6N4O. The molecule has 5 nitrogen and oxygen atoms in total. The van der Waals surface area contributed by atoms with Gasteiger partial charge in [-0.1, -0.05) is 31.0 Å². The van der Waals surface area contributed by atoms with Crippen molar-refractivity contribution in [3.63, 3.8) is 0 Å². The van der Waals surface area contributed by atoms with Crippen LogP contribution in [-0.4, -0.2) is 49.9 Å². The third-order valence-corrected chi connectivity index (χ3v) is 7.63. The summed E-state index contributed by atoms with van der Waals surface area (Å²) in [4.78, 5) is 8.97. The Labute approximate surface area is 242 Å². The maximum absolute atomic E-state index is 13.6. The van der Waals surface area contributed by atoms with Crippen LogP contribution in [0.5, 0.6) is 0 Å². The second-order valence-corrected chi connectivity index (χ2v) is 10.9. The van der Waals surface area contributed by atoms with Gasteiger partial charge in [-0.05, 0) is 68.6 Å². The minimum Gasteiger partial charge on any atom is -0.365 e. The number of para-hydroxylation sites is 1. The summed E-state index contributed by atoms with van der Waals surface area (Å²) >= 11 is 0. The standard InChI is InChI=1S/C31H38F6N4O/c1-3-41(19-22-8-4-5-9-22)29-25(16-24-10-6-7-11-28(24)39-29)20-40(21-42-13-12-38-2)18-23-14-26(30(32,33)34)17-27(15-23)31(35,36)37/h6-7,10-11,14-17,22,38H,3-5,8-9,12-13,18-21H2,1-2H3. The lowest BCUT2D eigenvalue weighted by Gasteiger charge is -2.30. The van der Waals surface area contributed by atoms with Crippen LogP contribution in [0.4, 0.5) is 32.2 Å². The number of hydrogen-bond donors (Lipinski definition) is 1. The molecule has 0 aliphatic heterocycles. The molecule has 0 amide bonds. The van der Waals surface area contributed by atoms with Crippen molar-refractivity contribution in [2.75, 3.05) is 44.9 Å². The summed E-state index contributed by atoms with van der Waals surface area (Å²) in [6, 6.07) is 11.4. The molecule has 1 heterocycles. The number of alkyl halides is 6. The molecule has 0 spiro atoms. The number of anilines is 1. The van der Waals surface area contributed by atoms with Gasteiger partial charge in [0.2, 0.25) is 0 Å². The molecule has 0 unspecified atom stereocenters. The van der Waals surface area contributed by atoms with Gasteiger partial charge in [0.1, 0.15) is 5.82 Å². The Hall–Kier alpha value is -2.89. The van der Waals surface area contributed by atoms with Crippen LogP contribution in [0.25, 0.3) is 10.9 Å². The van der Waals surface area contributed by atoms with E-state index in [-0.39, 0.29) is 31.5 Å². The van der Waals surface area contributed by atoms with Crippen molar-refractivity contribution in [1.29, 1.82) is 0 Å². The molecule has 1 fully saturated rings. The summed E-state index contributed by atoms with van der Waals surface area (Å²) in [6.45, 7) is 4.57. The Morgan fingerprint density at radius 3 is 2.21 bits per heavy atom. The fourth-order valence-electron chi connectivity index (χ4n) is 5.53. The van der Waals surface area contributed by atoms with E-state index in [4.69, 9.17) is 9.72 Å². The van der Waals surface area contributed by atoms with E-state index in [9.17, 15) is 26.3 Å². The smallest absolute Gasteiger partial charge is 0.365 e. The molecule has 1 aromatic heterocycles. The summed E-state index contributed by atoms with van der Waals surface area (Å²) in [7, 11) is 1.76. The van der Waals surface area contributed by atoms with Crippen molar-refractivity contribution in [2.24, 2.45) is 5.92 Å². The Kier molecular flexibility index (Phi) is 10.7. The lowest BCUT2D eigenvalue weighted by atomic mass is 10.0. The molecule has 2 aromatic carbocycles. The van der Waals surface area contributed by atoms with E-state index >= 15 is 0 Å². The van der Waals surface area contributed by atoms with Crippen LogP contribution in [0.1, 0.15) is 54.9 Å². The van der Waals surface area contributed by atoms with E-state index in [0.29, 0.717) is 19.1 Å². The van der Waals surface area contributed by atoms with Crippen LogP contribution in [0.2, 0.25) is 0 Å². The van der Waals surface area contributed by atoms with Crippen molar-refractivity contribution in [3.05, 3.63) is 70.8 Å². The molecule has 0 bridgehead atoms. The molecule has 11 heteroatoms. The van der Waals surface area contributed by atoms with Gasteiger partial charge in [0.05, 0.1) is 30.0 Å². The van der Waals surface area contributed by atoms with Crippen molar-refractivity contribution in [2.45, 2.75) is 58.0 Å². The van der Waals surface area contributed by atoms with E-state index in [1.807, 2.05) is 30.3 Å². The van der Waals surface area contributed by atoms with Gasteiger partial charge >= 0.3 is 12.4 Å². The molecule has 0 saturated heterocycles. The number of benzene rings is 2. The van der Waals surface area contributed by atoms with E-state index in [1.165, 1.54) is 12.8 Å². The number of halogens is 6. The van der Waals surface area contributed by atoms with E-state index in [1.54, 1.807) is 11.9 Å². The fraction of sp³-hybridized carbons (Fsp3) is 0.516. The highest BCUT2D eigenvalue weighted by Crippen LogP contribution is 2.37. The molecule has 42 heavy (non-hydrogen) atoms. The van der Waals surface area contributed by atoms with Crippen molar-refractivity contribution < 1.29 is 31.1 Å². The van der Waals surface area contributed by atoms with Gasteiger partial charge in [-0.2, -0.15) is 26.3 Å². The van der Waals surface area contributed by atoms with E-state index in [2.05, 4.69) is 17.1 Å². The van der Waals surface area contributed by atoms with Crippen LogP contribution in [0.3, 0.4) is 0 Å².